The second-order valence-electron chi connectivity index (χ2n) is 6.23. The summed E-state index contributed by atoms with van der Waals surface area (Å²) >= 11 is 0. The van der Waals surface area contributed by atoms with Gasteiger partial charge in [-0.3, -0.25) is 0 Å². The van der Waals surface area contributed by atoms with Crippen molar-refractivity contribution in [2.75, 3.05) is 6.54 Å². The lowest BCUT2D eigenvalue weighted by atomic mass is 9.79. The first-order valence-electron chi connectivity index (χ1n) is 7.50. The third-order valence-corrected chi connectivity index (χ3v) is 4.24. The van der Waals surface area contributed by atoms with Crippen molar-refractivity contribution in [2.45, 2.75) is 44.8 Å². The van der Waals surface area contributed by atoms with E-state index in [1.165, 1.54) is 6.42 Å². The van der Waals surface area contributed by atoms with Crippen LogP contribution in [0.1, 0.15) is 38.3 Å². The first-order valence-corrected chi connectivity index (χ1v) is 7.50. The maximum atomic E-state index is 10.6. The molecule has 0 spiro atoms. The molecule has 0 radical (unpaired) electrons. The number of nitrogens with zero attached hydrogens (tertiary/aromatic N) is 2. The normalized spacial score (nSPS) is 27.0. The van der Waals surface area contributed by atoms with Gasteiger partial charge in [-0.05, 0) is 30.9 Å². The van der Waals surface area contributed by atoms with Crippen LogP contribution in [0.2, 0.25) is 0 Å². The van der Waals surface area contributed by atoms with E-state index in [1.54, 1.807) is 0 Å². The lowest BCUT2D eigenvalue weighted by Crippen LogP contribution is -2.43. The quantitative estimate of drug-likeness (QED) is 0.899. The van der Waals surface area contributed by atoms with E-state index in [4.69, 9.17) is 0 Å². The molecule has 2 aromatic heterocycles. The van der Waals surface area contributed by atoms with E-state index in [1.807, 2.05) is 35.0 Å². The van der Waals surface area contributed by atoms with Crippen LogP contribution in [-0.4, -0.2) is 26.6 Å². The number of rotatable bonds is 4. The molecular weight excluding hydrogens is 250 g/mol. The summed E-state index contributed by atoms with van der Waals surface area (Å²) in [4.78, 5) is 4.55. The van der Waals surface area contributed by atoms with Crippen LogP contribution in [0.3, 0.4) is 0 Å². The van der Waals surface area contributed by atoms with Gasteiger partial charge in [-0.15, -0.1) is 0 Å². The lowest BCUT2D eigenvalue weighted by molar-refractivity contribution is -0.0119. The van der Waals surface area contributed by atoms with Crippen LogP contribution < -0.4 is 5.32 Å². The number of hydrogen-bond donors (Lipinski definition) is 2. The molecule has 2 unspecified atom stereocenters. The molecule has 1 saturated carbocycles. The highest BCUT2D eigenvalue weighted by Crippen LogP contribution is 2.31. The van der Waals surface area contributed by atoms with Crippen LogP contribution in [0.5, 0.6) is 0 Å². The molecule has 0 bridgehead atoms. The average molecular weight is 273 g/mol. The molecule has 1 aliphatic rings. The fourth-order valence-corrected chi connectivity index (χ4v) is 3.29. The summed E-state index contributed by atoms with van der Waals surface area (Å²) in [5.41, 5.74) is 1.45. The van der Waals surface area contributed by atoms with E-state index < -0.39 is 5.60 Å². The van der Waals surface area contributed by atoms with Crippen molar-refractivity contribution in [1.82, 2.24) is 14.7 Å². The Balaban J connectivity index is 1.56. The monoisotopic (exact) mass is 273 g/mol. The summed E-state index contributed by atoms with van der Waals surface area (Å²) in [6.45, 7) is 3.59. The molecule has 2 N–H and O–H groups in total. The Bertz CT molecular complexity index is 547. The first-order chi connectivity index (χ1) is 9.65. The molecule has 0 amide bonds. The van der Waals surface area contributed by atoms with Gasteiger partial charge in [0.25, 0.3) is 0 Å². The smallest absolute Gasteiger partial charge is 0.137 e. The van der Waals surface area contributed by atoms with Crippen LogP contribution in [0.25, 0.3) is 5.65 Å². The van der Waals surface area contributed by atoms with Crippen LogP contribution >= 0.6 is 0 Å². The number of imidazole rings is 1. The number of aromatic nitrogens is 2. The Morgan fingerprint density at radius 1 is 1.50 bits per heavy atom. The molecule has 20 heavy (non-hydrogen) atoms. The molecule has 3 rings (SSSR count). The van der Waals surface area contributed by atoms with Crippen molar-refractivity contribution >= 4 is 5.65 Å². The molecule has 1 aliphatic carbocycles. The highest BCUT2D eigenvalue weighted by molar-refractivity contribution is 5.39. The second kappa shape index (κ2) is 5.54. The Kier molecular flexibility index (Phi) is 3.76. The Morgan fingerprint density at radius 3 is 3.20 bits per heavy atom. The molecule has 0 saturated heterocycles. The molecule has 4 nitrogen and oxygen atoms in total. The Labute approximate surface area is 119 Å². The molecule has 108 valence electrons. The number of fused-ring (bicyclic) bond motifs is 1. The molecule has 2 atom stereocenters. The largest absolute Gasteiger partial charge is 0.389 e. The molecule has 1 fully saturated rings. The van der Waals surface area contributed by atoms with Crippen LogP contribution in [0, 0.1) is 5.92 Å². The maximum absolute atomic E-state index is 10.6. The average Bonchev–Trinajstić information content (AvgIpc) is 2.80. The van der Waals surface area contributed by atoms with Gasteiger partial charge in [0.15, 0.2) is 0 Å². The minimum absolute atomic E-state index is 0.531. The third kappa shape index (κ3) is 3.02. The van der Waals surface area contributed by atoms with Crippen molar-refractivity contribution < 1.29 is 5.11 Å². The van der Waals surface area contributed by atoms with Gasteiger partial charge >= 0.3 is 0 Å². The highest BCUT2D eigenvalue weighted by Gasteiger charge is 2.31. The van der Waals surface area contributed by atoms with Crippen molar-refractivity contribution in [3.63, 3.8) is 0 Å². The SMILES string of the molecule is CC1CCCC(O)(CNCc2cn3ccccc3n2)C1. The zero-order valence-electron chi connectivity index (χ0n) is 12.0. The predicted molar refractivity (Wildman–Crippen MR) is 79.5 cm³/mol. The van der Waals surface area contributed by atoms with E-state index >= 15 is 0 Å². The Hall–Kier alpha value is -1.39. The molecule has 4 heteroatoms. The molecule has 0 aliphatic heterocycles. The summed E-state index contributed by atoms with van der Waals surface area (Å²) in [7, 11) is 0. The summed E-state index contributed by atoms with van der Waals surface area (Å²) < 4.78 is 2.02. The summed E-state index contributed by atoms with van der Waals surface area (Å²) in [6, 6.07) is 5.99. The fourth-order valence-electron chi connectivity index (χ4n) is 3.29. The van der Waals surface area contributed by atoms with Crippen LogP contribution in [0.15, 0.2) is 30.6 Å². The minimum atomic E-state index is -0.531. The van der Waals surface area contributed by atoms with Gasteiger partial charge in [0, 0.05) is 25.5 Å². The summed E-state index contributed by atoms with van der Waals surface area (Å²) in [6.07, 6.45) is 8.24. The lowest BCUT2D eigenvalue weighted by Gasteiger charge is -2.35. The summed E-state index contributed by atoms with van der Waals surface area (Å²) in [5, 5.41) is 13.9. The maximum Gasteiger partial charge on any atom is 0.137 e. The third-order valence-electron chi connectivity index (χ3n) is 4.24. The number of aliphatic hydroxyl groups is 1. The van der Waals surface area contributed by atoms with Gasteiger partial charge in [-0.2, -0.15) is 0 Å². The van der Waals surface area contributed by atoms with E-state index in [-0.39, 0.29) is 0 Å². The van der Waals surface area contributed by atoms with Gasteiger partial charge in [0.1, 0.15) is 5.65 Å². The highest BCUT2D eigenvalue weighted by atomic mass is 16.3. The van der Waals surface area contributed by atoms with E-state index in [0.717, 1.165) is 30.6 Å². The standard InChI is InChI=1S/C16H23N3O/c1-13-5-4-7-16(20,9-13)12-17-10-14-11-19-8-3-2-6-15(19)18-14/h2-3,6,8,11,13,17,20H,4-5,7,9-10,12H2,1H3. The van der Waals surface area contributed by atoms with E-state index in [0.29, 0.717) is 19.0 Å². The topological polar surface area (TPSA) is 49.6 Å². The molecule has 0 aromatic carbocycles. The molecule has 2 aromatic rings. The minimum Gasteiger partial charge on any atom is -0.389 e. The summed E-state index contributed by atoms with van der Waals surface area (Å²) in [5.74, 6) is 0.630. The van der Waals surface area contributed by atoms with Gasteiger partial charge in [-0.25, -0.2) is 4.98 Å². The predicted octanol–water partition coefficient (Wildman–Crippen LogP) is 2.37. The number of nitrogens with one attached hydrogen (secondary N) is 1. The first kappa shape index (κ1) is 13.6. The van der Waals surface area contributed by atoms with E-state index in [9.17, 15) is 5.11 Å². The number of pyridine rings is 1. The van der Waals surface area contributed by atoms with Crippen molar-refractivity contribution in [2.24, 2.45) is 5.92 Å². The van der Waals surface area contributed by atoms with E-state index in [2.05, 4.69) is 17.2 Å². The van der Waals surface area contributed by atoms with Crippen LogP contribution in [0.4, 0.5) is 0 Å². The van der Waals surface area contributed by atoms with Gasteiger partial charge in [0.2, 0.25) is 0 Å². The van der Waals surface area contributed by atoms with Crippen molar-refractivity contribution in [3.8, 4) is 0 Å². The second-order valence-corrected chi connectivity index (χ2v) is 6.23. The Morgan fingerprint density at radius 2 is 2.40 bits per heavy atom. The molecular formula is C16H23N3O. The van der Waals surface area contributed by atoms with Crippen molar-refractivity contribution in [1.29, 1.82) is 0 Å². The zero-order chi connectivity index (χ0) is 14.0. The molecule has 2 heterocycles. The number of hydrogen-bond acceptors (Lipinski definition) is 3. The van der Waals surface area contributed by atoms with Crippen LogP contribution in [-0.2, 0) is 6.54 Å². The van der Waals surface area contributed by atoms with Gasteiger partial charge in [-0.1, -0.05) is 25.8 Å². The van der Waals surface area contributed by atoms with Gasteiger partial charge < -0.3 is 14.8 Å². The zero-order valence-corrected chi connectivity index (χ0v) is 12.0. The van der Waals surface area contributed by atoms with Crippen molar-refractivity contribution in [3.05, 3.63) is 36.3 Å². The van der Waals surface area contributed by atoms with Gasteiger partial charge in [0.05, 0.1) is 11.3 Å². The fraction of sp³-hybridized carbons (Fsp3) is 0.562.